The van der Waals surface area contributed by atoms with Crippen LogP contribution < -0.4 is 5.32 Å². The molecular formula is C7H13NO2. The van der Waals surface area contributed by atoms with Crippen LogP contribution in [0.1, 0.15) is 19.3 Å². The average Bonchev–Trinajstić information content (AvgIpc) is 2.44. The predicted molar refractivity (Wildman–Crippen MR) is 36.3 cm³/mol. The van der Waals surface area contributed by atoms with Crippen molar-refractivity contribution in [1.82, 2.24) is 5.32 Å². The lowest BCUT2D eigenvalue weighted by Crippen LogP contribution is -2.34. The zero-order valence-electron chi connectivity index (χ0n) is 5.88. The summed E-state index contributed by atoms with van der Waals surface area (Å²) in [7, 11) is 0. The molecule has 0 amide bonds. The molecule has 2 aliphatic rings. The fourth-order valence-electron chi connectivity index (χ4n) is 1.75. The summed E-state index contributed by atoms with van der Waals surface area (Å²) in [5.41, 5.74) is -0.511. The Morgan fingerprint density at radius 1 is 1.40 bits per heavy atom. The van der Waals surface area contributed by atoms with E-state index in [0.717, 1.165) is 25.8 Å². The third-order valence-electron chi connectivity index (χ3n) is 2.64. The smallest absolute Gasteiger partial charge is 0.110 e. The van der Waals surface area contributed by atoms with Crippen LogP contribution in [0.3, 0.4) is 0 Å². The van der Waals surface area contributed by atoms with Gasteiger partial charge in [-0.2, -0.15) is 0 Å². The quantitative estimate of drug-likeness (QED) is 0.461. The lowest BCUT2D eigenvalue weighted by Gasteiger charge is -2.19. The van der Waals surface area contributed by atoms with E-state index in [0.29, 0.717) is 0 Å². The Bertz CT molecular complexity index is 145. The molecule has 3 nitrogen and oxygen atoms in total. The molecular weight excluding hydrogens is 130 g/mol. The lowest BCUT2D eigenvalue weighted by atomic mass is 9.98. The van der Waals surface area contributed by atoms with Crippen molar-refractivity contribution in [3.05, 3.63) is 0 Å². The van der Waals surface area contributed by atoms with Crippen molar-refractivity contribution in [2.24, 2.45) is 5.92 Å². The van der Waals surface area contributed by atoms with Gasteiger partial charge in [-0.15, -0.1) is 0 Å². The first-order valence-corrected chi connectivity index (χ1v) is 3.86. The van der Waals surface area contributed by atoms with E-state index in [2.05, 4.69) is 5.32 Å². The van der Waals surface area contributed by atoms with E-state index in [9.17, 15) is 10.2 Å². The zero-order valence-corrected chi connectivity index (χ0v) is 5.88. The van der Waals surface area contributed by atoms with E-state index in [1.165, 1.54) is 0 Å². The van der Waals surface area contributed by atoms with Crippen LogP contribution in [0.15, 0.2) is 0 Å². The molecule has 3 heteroatoms. The van der Waals surface area contributed by atoms with Gasteiger partial charge in [-0.3, -0.25) is 5.32 Å². The van der Waals surface area contributed by atoms with Crippen LogP contribution in [0.25, 0.3) is 0 Å². The highest BCUT2D eigenvalue weighted by Crippen LogP contribution is 2.45. The summed E-state index contributed by atoms with van der Waals surface area (Å²) in [6.45, 7) is 0.841. The summed E-state index contributed by atoms with van der Waals surface area (Å²) in [4.78, 5) is 0. The van der Waals surface area contributed by atoms with Gasteiger partial charge >= 0.3 is 0 Å². The van der Waals surface area contributed by atoms with Crippen molar-refractivity contribution >= 4 is 0 Å². The highest BCUT2D eigenvalue weighted by Gasteiger charge is 2.51. The molecule has 1 heterocycles. The number of hydrogen-bond donors (Lipinski definition) is 3. The van der Waals surface area contributed by atoms with Crippen LogP contribution in [0, 0.1) is 5.92 Å². The van der Waals surface area contributed by atoms with E-state index >= 15 is 0 Å². The third kappa shape index (κ3) is 0.856. The van der Waals surface area contributed by atoms with Gasteiger partial charge in [-0.05, 0) is 25.8 Å². The molecule has 0 unspecified atom stereocenters. The molecule has 0 aromatic heterocycles. The molecule has 0 spiro atoms. The maximum absolute atomic E-state index is 9.60. The molecule has 0 aromatic rings. The molecule has 58 valence electrons. The van der Waals surface area contributed by atoms with Crippen LogP contribution in [0.2, 0.25) is 0 Å². The molecule has 1 saturated heterocycles. The van der Waals surface area contributed by atoms with E-state index in [1.807, 2.05) is 0 Å². The first kappa shape index (κ1) is 6.58. The monoisotopic (exact) mass is 143 g/mol. The first-order valence-electron chi connectivity index (χ1n) is 3.86. The number of aliphatic hydroxyl groups is 2. The highest BCUT2D eigenvalue weighted by atomic mass is 16.3. The molecule has 3 N–H and O–H groups in total. The molecule has 2 atom stereocenters. The number of aliphatic hydroxyl groups excluding tert-OH is 1. The minimum Gasteiger partial charge on any atom is -0.389 e. The van der Waals surface area contributed by atoms with E-state index in [4.69, 9.17) is 0 Å². The van der Waals surface area contributed by atoms with E-state index in [1.54, 1.807) is 0 Å². The summed E-state index contributed by atoms with van der Waals surface area (Å²) in [6.07, 6.45) is 2.19. The minimum absolute atomic E-state index is 0.0903. The summed E-state index contributed by atoms with van der Waals surface area (Å²) in [5, 5.41) is 21.8. The third-order valence-corrected chi connectivity index (χ3v) is 2.64. The lowest BCUT2D eigenvalue weighted by molar-refractivity contribution is 0.00590. The van der Waals surface area contributed by atoms with Crippen molar-refractivity contribution in [2.45, 2.75) is 31.1 Å². The second-order valence-electron chi connectivity index (χ2n) is 3.40. The molecule has 1 saturated carbocycles. The molecule has 0 aromatic carbocycles. The summed E-state index contributed by atoms with van der Waals surface area (Å²) in [6, 6.07) is 0. The summed E-state index contributed by atoms with van der Waals surface area (Å²) in [5.74, 6) is 0.0903. The Kier molecular flexibility index (Phi) is 1.27. The fourth-order valence-corrected chi connectivity index (χ4v) is 1.75. The van der Waals surface area contributed by atoms with Gasteiger partial charge in [0.15, 0.2) is 0 Å². The van der Waals surface area contributed by atoms with Crippen LogP contribution in [0.5, 0.6) is 0 Å². The van der Waals surface area contributed by atoms with Gasteiger partial charge in [0.2, 0.25) is 0 Å². The Balaban J connectivity index is 2.03. The normalized spacial score (nSPS) is 43.8. The van der Waals surface area contributed by atoms with E-state index < -0.39 is 11.8 Å². The maximum Gasteiger partial charge on any atom is 0.110 e. The molecule has 0 radical (unpaired) electrons. The van der Waals surface area contributed by atoms with Crippen molar-refractivity contribution in [2.75, 3.05) is 6.54 Å². The van der Waals surface area contributed by atoms with Gasteiger partial charge in [0.05, 0.1) is 5.60 Å². The molecule has 0 bridgehead atoms. The standard InChI is InChI=1S/C7H13NO2/c9-6-5(1-4-8-6)7(10)2-3-7/h5-6,8-10H,1-4H2/t5-,6-/m0/s1. The van der Waals surface area contributed by atoms with Gasteiger partial charge in [0, 0.05) is 5.92 Å². The van der Waals surface area contributed by atoms with Crippen molar-refractivity contribution < 1.29 is 10.2 Å². The van der Waals surface area contributed by atoms with Gasteiger partial charge in [-0.25, -0.2) is 0 Å². The van der Waals surface area contributed by atoms with Crippen LogP contribution in [-0.4, -0.2) is 28.6 Å². The summed E-state index contributed by atoms with van der Waals surface area (Å²) < 4.78 is 0. The second-order valence-corrected chi connectivity index (χ2v) is 3.40. The second kappa shape index (κ2) is 1.94. The predicted octanol–water partition coefficient (Wildman–Crippen LogP) is -0.561. The highest BCUT2D eigenvalue weighted by molar-refractivity contribution is 5.03. The van der Waals surface area contributed by atoms with Crippen molar-refractivity contribution in [3.63, 3.8) is 0 Å². The maximum atomic E-state index is 9.60. The largest absolute Gasteiger partial charge is 0.389 e. The Hall–Kier alpha value is -0.120. The molecule has 10 heavy (non-hydrogen) atoms. The topological polar surface area (TPSA) is 52.5 Å². The minimum atomic E-state index is -0.511. The molecule has 2 fully saturated rings. The summed E-state index contributed by atoms with van der Waals surface area (Å²) >= 11 is 0. The molecule has 1 aliphatic carbocycles. The first-order chi connectivity index (χ1) is 4.72. The Morgan fingerprint density at radius 3 is 2.50 bits per heavy atom. The molecule has 1 aliphatic heterocycles. The zero-order chi connectivity index (χ0) is 7.19. The Morgan fingerprint density at radius 2 is 2.10 bits per heavy atom. The van der Waals surface area contributed by atoms with Crippen LogP contribution in [0.4, 0.5) is 0 Å². The van der Waals surface area contributed by atoms with Crippen molar-refractivity contribution in [3.8, 4) is 0 Å². The Labute approximate surface area is 60.1 Å². The SMILES string of the molecule is O[C@@H]1NCC[C@@H]1C1(O)CC1. The van der Waals surface area contributed by atoms with E-state index in [-0.39, 0.29) is 5.92 Å². The number of rotatable bonds is 1. The number of hydrogen-bond acceptors (Lipinski definition) is 3. The average molecular weight is 143 g/mol. The van der Waals surface area contributed by atoms with Crippen molar-refractivity contribution in [1.29, 1.82) is 0 Å². The number of nitrogens with one attached hydrogen (secondary N) is 1. The van der Waals surface area contributed by atoms with Crippen LogP contribution in [-0.2, 0) is 0 Å². The van der Waals surface area contributed by atoms with Gasteiger partial charge in [0.25, 0.3) is 0 Å². The van der Waals surface area contributed by atoms with Crippen LogP contribution >= 0.6 is 0 Å². The van der Waals surface area contributed by atoms with Gasteiger partial charge < -0.3 is 10.2 Å². The molecule has 2 rings (SSSR count). The fraction of sp³-hybridized carbons (Fsp3) is 1.00. The van der Waals surface area contributed by atoms with Gasteiger partial charge in [0.1, 0.15) is 6.23 Å². The van der Waals surface area contributed by atoms with Gasteiger partial charge in [-0.1, -0.05) is 0 Å².